The van der Waals surface area contributed by atoms with Gasteiger partial charge in [-0.2, -0.15) is 4.31 Å². The van der Waals surface area contributed by atoms with Gasteiger partial charge in [0.2, 0.25) is 10.0 Å². The third kappa shape index (κ3) is 4.64. The monoisotopic (exact) mass is 409 g/mol. The Bertz CT molecular complexity index is 961. The largest absolute Gasteiger partial charge is 0.379 e. The normalized spacial score (nSPS) is 15.3. The lowest BCUT2D eigenvalue weighted by atomic mass is 10.1. The minimum atomic E-state index is -3.82. The van der Waals surface area contributed by atoms with Crippen molar-refractivity contribution >= 4 is 21.4 Å². The van der Waals surface area contributed by atoms with Gasteiger partial charge in [0.25, 0.3) is 5.69 Å². The molecule has 28 heavy (non-hydrogen) atoms. The molecular weight excluding hydrogens is 389 g/mol. The van der Waals surface area contributed by atoms with Gasteiger partial charge >= 0.3 is 0 Å². The van der Waals surface area contributed by atoms with Gasteiger partial charge < -0.3 is 10.1 Å². The van der Waals surface area contributed by atoms with E-state index < -0.39 is 14.9 Å². The Hall–Kier alpha value is -2.56. The first kappa shape index (κ1) is 20.2. The summed E-state index contributed by atoms with van der Waals surface area (Å²) in [5.74, 6) is -0.346. The van der Waals surface area contributed by atoms with Gasteiger partial charge in [0.1, 0.15) is 11.5 Å². The molecule has 1 aliphatic rings. The first-order valence-corrected chi connectivity index (χ1v) is 10.2. The Morgan fingerprint density at radius 3 is 2.61 bits per heavy atom. The highest BCUT2D eigenvalue weighted by Gasteiger charge is 2.28. The van der Waals surface area contributed by atoms with Crippen LogP contribution in [0.2, 0.25) is 0 Å². The van der Waals surface area contributed by atoms with E-state index in [2.05, 4.69) is 5.32 Å². The highest BCUT2D eigenvalue weighted by molar-refractivity contribution is 7.89. The quantitative estimate of drug-likeness (QED) is 0.557. The van der Waals surface area contributed by atoms with Crippen LogP contribution in [0, 0.1) is 15.9 Å². The number of nitrogens with zero attached hydrogens (tertiary/aromatic N) is 2. The molecule has 0 amide bonds. The zero-order valence-electron chi connectivity index (χ0n) is 15.0. The van der Waals surface area contributed by atoms with E-state index in [0.717, 1.165) is 11.6 Å². The molecule has 1 saturated heterocycles. The number of sulfonamides is 1. The highest BCUT2D eigenvalue weighted by atomic mass is 32.2. The van der Waals surface area contributed by atoms with E-state index >= 15 is 0 Å². The van der Waals surface area contributed by atoms with Crippen molar-refractivity contribution in [1.29, 1.82) is 0 Å². The maximum atomic E-state index is 13.2. The Morgan fingerprint density at radius 1 is 1.18 bits per heavy atom. The van der Waals surface area contributed by atoms with E-state index in [1.165, 1.54) is 28.6 Å². The molecule has 0 unspecified atom stereocenters. The van der Waals surface area contributed by atoms with Crippen molar-refractivity contribution in [2.24, 2.45) is 0 Å². The number of nitro benzene ring substituents is 1. The topological polar surface area (TPSA) is 102 Å². The van der Waals surface area contributed by atoms with Gasteiger partial charge in [0, 0.05) is 25.7 Å². The Morgan fingerprint density at radius 2 is 1.93 bits per heavy atom. The SMILES string of the molecule is O=[N+]([O-])c1cc(S(=O)(=O)N2CCOCC2)ccc1NCCc1cccc(F)c1. The Labute approximate surface area is 162 Å². The Kier molecular flexibility index (Phi) is 6.22. The van der Waals surface area contributed by atoms with Crippen LogP contribution in [0.15, 0.2) is 47.4 Å². The van der Waals surface area contributed by atoms with Crippen LogP contribution in [0.3, 0.4) is 0 Å². The van der Waals surface area contributed by atoms with Gasteiger partial charge in [-0.1, -0.05) is 12.1 Å². The molecule has 8 nitrogen and oxygen atoms in total. The van der Waals surface area contributed by atoms with E-state index in [-0.39, 0.29) is 35.2 Å². The van der Waals surface area contributed by atoms with Gasteiger partial charge in [0.05, 0.1) is 23.0 Å². The molecule has 10 heteroatoms. The Balaban J connectivity index is 1.76. The van der Waals surface area contributed by atoms with Crippen LogP contribution in [-0.4, -0.2) is 50.5 Å². The van der Waals surface area contributed by atoms with Crippen molar-refractivity contribution in [3.8, 4) is 0 Å². The van der Waals surface area contributed by atoms with Gasteiger partial charge in [-0.05, 0) is 36.2 Å². The number of benzene rings is 2. The van der Waals surface area contributed by atoms with Crippen LogP contribution in [0.4, 0.5) is 15.8 Å². The number of halogens is 1. The van der Waals surface area contributed by atoms with Crippen molar-refractivity contribution in [3.05, 3.63) is 64.0 Å². The molecule has 1 heterocycles. The van der Waals surface area contributed by atoms with Crippen LogP contribution in [0.1, 0.15) is 5.56 Å². The van der Waals surface area contributed by atoms with Crippen molar-refractivity contribution in [2.45, 2.75) is 11.3 Å². The summed E-state index contributed by atoms with van der Waals surface area (Å²) in [5, 5.41) is 14.4. The molecule has 0 saturated carbocycles. The van der Waals surface area contributed by atoms with E-state index in [1.54, 1.807) is 12.1 Å². The van der Waals surface area contributed by atoms with Gasteiger partial charge in [0.15, 0.2) is 0 Å². The summed E-state index contributed by atoms with van der Waals surface area (Å²) in [6, 6.07) is 9.90. The fraction of sp³-hybridized carbons (Fsp3) is 0.333. The molecule has 0 bridgehead atoms. The van der Waals surface area contributed by atoms with Crippen LogP contribution in [0.25, 0.3) is 0 Å². The lowest BCUT2D eigenvalue weighted by Gasteiger charge is -2.26. The van der Waals surface area contributed by atoms with Gasteiger partial charge in [-0.3, -0.25) is 10.1 Å². The molecular formula is C18H20FN3O5S. The number of nitro groups is 1. The number of hydrogen-bond donors (Lipinski definition) is 1. The first-order valence-electron chi connectivity index (χ1n) is 8.72. The van der Waals surface area contributed by atoms with Gasteiger partial charge in [-0.25, -0.2) is 12.8 Å². The molecule has 1 aliphatic heterocycles. The number of morpholine rings is 1. The lowest BCUT2D eigenvalue weighted by Crippen LogP contribution is -2.40. The molecule has 0 aromatic heterocycles. The van der Waals surface area contributed by atoms with Crippen molar-refractivity contribution in [2.75, 3.05) is 38.2 Å². The smallest absolute Gasteiger partial charge is 0.293 e. The number of nitrogens with one attached hydrogen (secondary N) is 1. The van der Waals surface area contributed by atoms with E-state index in [4.69, 9.17) is 4.74 Å². The minimum Gasteiger partial charge on any atom is -0.379 e. The lowest BCUT2D eigenvalue weighted by molar-refractivity contribution is -0.384. The average molecular weight is 409 g/mol. The number of hydrogen-bond acceptors (Lipinski definition) is 6. The zero-order chi connectivity index (χ0) is 20.1. The van der Waals surface area contributed by atoms with Crippen molar-refractivity contribution < 1.29 is 22.5 Å². The molecule has 0 spiro atoms. The van der Waals surface area contributed by atoms with Crippen LogP contribution >= 0.6 is 0 Å². The summed E-state index contributed by atoms with van der Waals surface area (Å²) in [4.78, 5) is 10.7. The number of rotatable bonds is 7. The maximum Gasteiger partial charge on any atom is 0.293 e. The second-order valence-electron chi connectivity index (χ2n) is 6.26. The highest BCUT2D eigenvalue weighted by Crippen LogP contribution is 2.29. The number of anilines is 1. The second-order valence-corrected chi connectivity index (χ2v) is 8.20. The predicted molar refractivity (Wildman–Crippen MR) is 101 cm³/mol. The summed E-state index contributed by atoms with van der Waals surface area (Å²) in [7, 11) is -3.82. The third-order valence-corrected chi connectivity index (χ3v) is 6.29. The molecule has 2 aromatic rings. The van der Waals surface area contributed by atoms with Gasteiger partial charge in [-0.15, -0.1) is 0 Å². The van der Waals surface area contributed by atoms with Crippen molar-refractivity contribution in [3.63, 3.8) is 0 Å². The first-order chi connectivity index (χ1) is 13.4. The number of ether oxygens (including phenoxy) is 1. The molecule has 0 atom stereocenters. The van der Waals surface area contributed by atoms with Crippen LogP contribution < -0.4 is 5.32 Å². The predicted octanol–water partition coefficient (Wildman–Crippen LogP) is 2.41. The maximum absolute atomic E-state index is 13.2. The molecule has 1 N–H and O–H groups in total. The average Bonchev–Trinajstić information content (AvgIpc) is 2.68. The molecule has 2 aromatic carbocycles. The van der Waals surface area contributed by atoms with Crippen molar-refractivity contribution in [1.82, 2.24) is 4.31 Å². The summed E-state index contributed by atoms with van der Waals surface area (Å²) >= 11 is 0. The second kappa shape index (κ2) is 8.63. The zero-order valence-corrected chi connectivity index (χ0v) is 15.8. The molecule has 0 aliphatic carbocycles. The standard InChI is InChI=1S/C18H20FN3O5S/c19-15-3-1-2-14(12-15)6-7-20-17-5-4-16(13-18(17)22(23)24)28(25,26)21-8-10-27-11-9-21/h1-5,12-13,20H,6-11H2. The fourth-order valence-electron chi connectivity index (χ4n) is 2.94. The molecule has 3 rings (SSSR count). The molecule has 150 valence electrons. The summed E-state index contributed by atoms with van der Waals surface area (Å²) in [6.07, 6.45) is 0.461. The van der Waals surface area contributed by atoms with E-state index in [9.17, 15) is 22.9 Å². The minimum absolute atomic E-state index is 0.128. The van der Waals surface area contributed by atoms with E-state index in [0.29, 0.717) is 26.2 Å². The molecule has 1 fully saturated rings. The molecule has 0 radical (unpaired) electrons. The van der Waals surface area contributed by atoms with E-state index in [1.807, 2.05) is 0 Å². The summed E-state index contributed by atoms with van der Waals surface area (Å²) in [6.45, 7) is 1.34. The van der Waals surface area contributed by atoms with Crippen LogP contribution in [0.5, 0.6) is 0 Å². The van der Waals surface area contributed by atoms with Crippen LogP contribution in [-0.2, 0) is 21.2 Å². The third-order valence-electron chi connectivity index (χ3n) is 4.39. The summed E-state index contributed by atoms with van der Waals surface area (Å²) < 4.78 is 45.0. The summed E-state index contributed by atoms with van der Waals surface area (Å²) in [5.41, 5.74) is 0.637. The fourth-order valence-corrected chi connectivity index (χ4v) is 4.37.